The second-order valence-corrected chi connectivity index (χ2v) is 5.43. The van der Waals surface area contributed by atoms with Crippen LogP contribution in [0.1, 0.15) is 33.6 Å². The molecule has 0 spiro atoms. The molecule has 0 N–H and O–H groups in total. The molecule has 1 heterocycles. The average Bonchev–Trinajstić information content (AvgIpc) is 2.56. The highest BCUT2D eigenvalue weighted by Crippen LogP contribution is 2.34. The van der Waals surface area contributed by atoms with Crippen molar-refractivity contribution in [3.63, 3.8) is 0 Å². The molecule has 0 aromatic rings. The van der Waals surface area contributed by atoms with Crippen molar-refractivity contribution in [3.8, 4) is 0 Å². The Kier molecular flexibility index (Phi) is 3.94. The maximum Gasteiger partial charge on any atom is 0.307 e. The molecule has 1 atom stereocenters. The standard InChI is InChI=1S/C12H21NO3/c1-12(2,3)9-7-10(14)13(8-9)6-5-11(15)16-4/h9H,5-8H2,1-4H3. The molecular weight excluding hydrogens is 206 g/mol. The molecule has 92 valence electrons. The van der Waals surface area contributed by atoms with Crippen LogP contribution in [0.2, 0.25) is 0 Å². The van der Waals surface area contributed by atoms with Crippen LogP contribution >= 0.6 is 0 Å². The van der Waals surface area contributed by atoms with Crippen LogP contribution in [-0.4, -0.2) is 37.0 Å². The van der Waals surface area contributed by atoms with Gasteiger partial charge in [-0.05, 0) is 11.3 Å². The molecule has 1 amide bonds. The topological polar surface area (TPSA) is 46.6 Å². The molecule has 1 saturated heterocycles. The summed E-state index contributed by atoms with van der Waals surface area (Å²) in [5, 5.41) is 0. The van der Waals surface area contributed by atoms with Crippen molar-refractivity contribution in [2.45, 2.75) is 33.6 Å². The van der Waals surface area contributed by atoms with E-state index in [2.05, 4.69) is 25.5 Å². The molecule has 1 fully saturated rings. The number of hydrogen-bond donors (Lipinski definition) is 0. The third-order valence-corrected chi connectivity index (χ3v) is 3.25. The maximum atomic E-state index is 11.7. The fourth-order valence-corrected chi connectivity index (χ4v) is 1.90. The lowest BCUT2D eigenvalue weighted by molar-refractivity contribution is -0.141. The maximum absolute atomic E-state index is 11.7. The van der Waals surface area contributed by atoms with Crippen LogP contribution in [0.4, 0.5) is 0 Å². The molecule has 1 unspecified atom stereocenters. The van der Waals surface area contributed by atoms with Crippen molar-refractivity contribution in [1.82, 2.24) is 4.90 Å². The molecule has 4 nitrogen and oxygen atoms in total. The lowest BCUT2D eigenvalue weighted by Crippen LogP contribution is -2.29. The van der Waals surface area contributed by atoms with E-state index >= 15 is 0 Å². The van der Waals surface area contributed by atoms with Gasteiger partial charge in [0.15, 0.2) is 0 Å². The zero-order chi connectivity index (χ0) is 12.3. The van der Waals surface area contributed by atoms with Crippen molar-refractivity contribution in [1.29, 1.82) is 0 Å². The van der Waals surface area contributed by atoms with Gasteiger partial charge in [0, 0.05) is 19.5 Å². The van der Waals surface area contributed by atoms with Gasteiger partial charge in [-0.15, -0.1) is 0 Å². The van der Waals surface area contributed by atoms with Gasteiger partial charge in [-0.3, -0.25) is 9.59 Å². The first kappa shape index (κ1) is 13.0. The Balaban J connectivity index is 2.46. The number of amides is 1. The lowest BCUT2D eigenvalue weighted by atomic mass is 9.80. The first-order valence-electron chi connectivity index (χ1n) is 5.69. The molecule has 16 heavy (non-hydrogen) atoms. The number of nitrogens with zero attached hydrogens (tertiary/aromatic N) is 1. The van der Waals surface area contributed by atoms with Gasteiger partial charge in [0.2, 0.25) is 5.91 Å². The normalized spacial score (nSPS) is 21.4. The van der Waals surface area contributed by atoms with Gasteiger partial charge >= 0.3 is 5.97 Å². The van der Waals surface area contributed by atoms with Crippen molar-refractivity contribution in [3.05, 3.63) is 0 Å². The summed E-state index contributed by atoms with van der Waals surface area (Å²) >= 11 is 0. The largest absolute Gasteiger partial charge is 0.469 e. The fourth-order valence-electron chi connectivity index (χ4n) is 1.90. The quantitative estimate of drug-likeness (QED) is 0.685. The number of carbonyl (C=O) groups excluding carboxylic acids is 2. The highest BCUT2D eigenvalue weighted by molar-refractivity contribution is 5.79. The van der Waals surface area contributed by atoms with E-state index in [9.17, 15) is 9.59 Å². The second kappa shape index (κ2) is 4.85. The molecule has 0 aromatic carbocycles. The lowest BCUT2D eigenvalue weighted by Gasteiger charge is -2.26. The summed E-state index contributed by atoms with van der Waals surface area (Å²) in [5.41, 5.74) is 0.148. The fraction of sp³-hybridized carbons (Fsp3) is 0.833. The predicted octanol–water partition coefficient (Wildman–Crippen LogP) is 1.44. The Morgan fingerprint density at radius 1 is 1.50 bits per heavy atom. The van der Waals surface area contributed by atoms with Crippen molar-refractivity contribution in [2.75, 3.05) is 20.2 Å². The summed E-state index contributed by atoms with van der Waals surface area (Å²) in [4.78, 5) is 24.5. The van der Waals surface area contributed by atoms with Crippen molar-refractivity contribution < 1.29 is 14.3 Å². The Morgan fingerprint density at radius 3 is 2.56 bits per heavy atom. The minimum atomic E-state index is -0.257. The SMILES string of the molecule is COC(=O)CCN1CC(C(C)(C)C)CC1=O. The van der Waals surface area contributed by atoms with Crippen LogP contribution in [0.15, 0.2) is 0 Å². The van der Waals surface area contributed by atoms with Crippen LogP contribution in [-0.2, 0) is 14.3 Å². The van der Waals surface area contributed by atoms with E-state index in [0.717, 1.165) is 6.54 Å². The van der Waals surface area contributed by atoms with Crippen LogP contribution in [0.3, 0.4) is 0 Å². The number of rotatable bonds is 3. The number of hydrogen-bond acceptors (Lipinski definition) is 3. The molecule has 1 aliphatic rings. The number of carbonyl (C=O) groups is 2. The van der Waals surface area contributed by atoms with Gasteiger partial charge < -0.3 is 9.64 Å². The first-order valence-corrected chi connectivity index (χ1v) is 5.69. The van der Waals surface area contributed by atoms with E-state index in [1.165, 1.54) is 7.11 Å². The zero-order valence-electron chi connectivity index (χ0n) is 10.6. The van der Waals surface area contributed by atoms with Gasteiger partial charge in [0.1, 0.15) is 0 Å². The monoisotopic (exact) mass is 227 g/mol. The third-order valence-electron chi connectivity index (χ3n) is 3.25. The van der Waals surface area contributed by atoms with E-state index in [1.54, 1.807) is 4.90 Å². The summed E-state index contributed by atoms with van der Waals surface area (Å²) in [7, 11) is 1.37. The third kappa shape index (κ3) is 3.22. The van der Waals surface area contributed by atoms with E-state index in [-0.39, 0.29) is 17.3 Å². The van der Waals surface area contributed by atoms with Crippen LogP contribution in [0, 0.1) is 11.3 Å². The number of likely N-dealkylation sites (tertiary alicyclic amines) is 1. The molecule has 1 aliphatic heterocycles. The molecule has 0 saturated carbocycles. The van der Waals surface area contributed by atoms with Crippen molar-refractivity contribution >= 4 is 11.9 Å². The van der Waals surface area contributed by atoms with Crippen molar-refractivity contribution in [2.24, 2.45) is 11.3 Å². The smallest absolute Gasteiger partial charge is 0.307 e. The highest BCUT2D eigenvalue weighted by atomic mass is 16.5. The van der Waals surface area contributed by atoms with E-state index in [1.807, 2.05) is 0 Å². The van der Waals surface area contributed by atoms with Gasteiger partial charge in [-0.2, -0.15) is 0 Å². The summed E-state index contributed by atoms with van der Waals surface area (Å²) in [6.45, 7) is 7.69. The Bertz CT molecular complexity index is 280. The highest BCUT2D eigenvalue weighted by Gasteiger charge is 2.36. The summed E-state index contributed by atoms with van der Waals surface area (Å²) in [5.74, 6) is 0.286. The van der Waals surface area contributed by atoms with E-state index in [4.69, 9.17) is 0 Å². The molecule has 0 radical (unpaired) electrons. The number of esters is 1. The van der Waals surface area contributed by atoms with Crippen LogP contribution < -0.4 is 0 Å². The summed E-state index contributed by atoms with van der Waals surface area (Å²) < 4.78 is 4.56. The molecule has 0 bridgehead atoms. The minimum absolute atomic E-state index is 0.148. The van der Waals surface area contributed by atoms with Gasteiger partial charge in [0.05, 0.1) is 13.5 Å². The van der Waals surface area contributed by atoms with Gasteiger partial charge in [-0.1, -0.05) is 20.8 Å². The Morgan fingerprint density at radius 2 is 2.12 bits per heavy atom. The molecule has 0 aliphatic carbocycles. The van der Waals surface area contributed by atoms with Crippen LogP contribution in [0.5, 0.6) is 0 Å². The zero-order valence-corrected chi connectivity index (χ0v) is 10.6. The van der Waals surface area contributed by atoms with Gasteiger partial charge in [0.25, 0.3) is 0 Å². The second-order valence-electron chi connectivity index (χ2n) is 5.43. The van der Waals surface area contributed by atoms with Gasteiger partial charge in [-0.25, -0.2) is 0 Å². The van der Waals surface area contributed by atoms with E-state index < -0.39 is 0 Å². The number of methoxy groups -OCH3 is 1. The summed E-state index contributed by atoms with van der Waals surface area (Å²) in [6, 6.07) is 0. The minimum Gasteiger partial charge on any atom is -0.469 e. The first-order chi connectivity index (χ1) is 7.34. The Labute approximate surface area is 96.9 Å². The molecule has 4 heteroatoms. The van der Waals surface area contributed by atoms with Crippen LogP contribution in [0.25, 0.3) is 0 Å². The number of ether oxygens (including phenoxy) is 1. The Hall–Kier alpha value is -1.06. The summed E-state index contributed by atoms with van der Waals surface area (Å²) in [6.07, 6.45) is 0.893. The predicted molar refractivity (Wildman–Crippen MR) is 60.8 cm³/mol. The molecule has 0 aromatic heterocycles. The van der Waals surface area contributed by atoms with E-state index in [0.29, 0.717) is 25.3 Å². The molecule has 1 rings (SSSR count). The molecular formula is C12H21NO3. The average molecular weight is 227 g/mol.